The number of carbonyl (C=O) groups is 1. The van der Waals surface area contributed by atoms with Gasteiger partial charge < -0.3 is 4.74 Å². The molecule has 7 heteroatoms. The van der Waals surface area contributed by atoms with E-state index in [4.69, 9.17) is 11.6 Å². The number of pyridine rings is 1. The van der Waals surface area contributed by atoms with E-state index in [1.807, 2.05) is 0 Å². The highest BCUT2D eigenvalue weighted by atomic mass is 35.5. The van der Waals surface area contributed by atoms with E-state index in [1.165, 1.54) is 12.3 Å². The van der Waals surface area contributed by atoms with Crippen molar-refractivity contribution in [3.8, 4) is 5.75 Å². The first-order valence-electron chi connectivity index (χ1n) is 3.43. The van der Waals surface area contributed by atoms with Crippen LogP contribution in [-0.4, -0.2) is 25.1 Å². The Bertz CT molecular complexity index is 457. The molecule has 0 spiro atoms. The second-order valence-corrected chi connectivity index (χ2v) is 4.71. The van der Waals surface area contributed by atoms with Gasteiger partial charge in [0, 0.05) is 30.1 Å². The molecule has 0 aromatic carbocycles. The number of rotatable bonds is 2. The van der Waals surface area contributed by atoms with E-state index in [0.717, 1.165) is 12.3 Å². The smallest absolute Gasteiger partial charge is 0.409 e. The van der Waals surface area contributed by atoms with E-state index in [0.29, 0.717) is 0 Å². The van der Waals surface area contributed by atoms with Crippen molar-refractivity contribution in [2.24, 2.45) is 0 Å². The van der Waals surface area contributed by atoms with Crippen LogP contribution in [0.3, 0.4) is 0 Å². The summed E-state index contributed by atoms with van der Waals surface area (Å²) in [6.07, 6.45) is 2.22. The van der Waals surface area contributed by atoms with Gasteiger partial charge in [-0.25, -0.2) is 18.2 Å². The lowest BCUT2D eigenvalue weighted by Crippen LogP contribution is -2.02. The number of hydrogen-bond acceptors (Lipinski definition) is 5. The van der Waals surface area contributed by atoms with Crippen LogP contribution in [0.15, 0.2) is 23.4 Å². The zero-order chi connectivity index (χ0) is 10.8. The number of nitrogens with zero attached hydrogens (tertiary/aromatic N) is 1. The number of sulfone groups is 1. The zero-order valence-corrected chi connectivity index (χ0v) is 8.67. The summed E-state index contributed by atoms with van der Waals surface area (Å²) in [4.78, 5) is 13.9. The van der Waals surface area contributed by atoms with Gasteiger partial charge in [0.1, 0.15) is 5.75 Å². The Morgan fingerprint density at radius 2 is 2.21 bits per heavy atom. The van der Waals surface area contributed by atoms with Crippen LogP contribution in [0.4, 0.5) is 4.79 Å². The quantitative estimate of drug-likeness (QED) is 0.721. The van der Waals surface area contributed by atoms with Crippen molar-refractivity contribution in [2.75, 3.05) is 6.26 Å². The van der Waals surface area contributed by atoms with Gasteiger partial charge in [0.2, 0.25) is 0 Å². The molecule has 1 aromatic rings. The monoisotopic (exact) mass is 235 g/mol. The second kappa shape index (κ2) is 3.93. The minimum Gasteiger partial charge on any atom is -0.414 e. The molecule has 0 aliphatic rings. The number of aromatic nitrogens is 1. The summed E-state index contributed by atoms with van der Waals surface area (Å²) in [6.45, 7) is 0. The summed E-state index contributed by atoms with van der Waals surface area (Å²) in [7, 11) is -3.41. The third kappa shape index (κ3) is 2.97. The molecule has 0 unspecified atom stereocenters. The van der Waals surface area contributed by atoms with Gasteiger partial charge in [-0.05, 0) is 6.07 Å². The first-order chi connectivity index (χ1) is 6.39. The van der Waals surface area contributed by atoms with Gasteiger partial charge in [-0.3, -0.25) is 0 Å². The van der Waals surface area contributed by atoms with E-state index in [9.17, 15) is 13.2 Å². The van der Waals surface area contributed by atoms with Gasteiger partial charge in [0.05, 0.1) is 0 Å². The average Bonchev–Trinajstić information content (AvgIpc) is 2.01. The standard InChI is InChI=1S/C7H6ClNO4S/c1-14(11,12)6-4-5(2-3-9-6)13-7(8)10/h2-4H,1H3. The van der Waals surface area contributed by atoms with Gasteiger partial charge in [-0.2, -0.15) is 0 Å². The summed E-state index contributed by atoms with van der Waals surface area (Å²) < 4.78 is 26.5. The Morgan fingerprint density at radius 1 is 1.57 bits per heavy atom. The van der Waals surface area contributed by atoms with Crippen molar-refractivity contribution < 1.29 is 17.9 Å². The van der Waals surface area contributed by atoms with E-state index < -0.39 is 15.3 Å². The first kappa shape index (κ1) is 10.9. The lowest BCUT2D eigenvalue weighted by atomic mass is 10.5. The maximum Gasteiger partial charge on any atom is 0.409 e. The molecule has 76 valence electrons. The SMILES string of the molecule is CS(=O)(=O)c1cc(OC(=O)Cl)ccn1. The van der Waals surface area contributed by atoms with Crippen molar-refractivity contribution in [1.82, 2.24) is 4.98 Å². The Kier molecular flexibility index (Phi) is 3.07. The Morgan fingerprint density at radius 3 is 2.71 bits per heavy atom. The predicted molar refractivity (Wildman–Crippen MR) is 49.2 cm³/mol. The molecule has 0 bridgehead atoms. The van der Waals surface area contributed by atoms with Crippen LogP contribution >= 0.6 is 11.6 Å². The first-order valence-corrected chi connectivity index (χ1v) is 5.70. The molecule has 0 saturated heterocycles. The summed E-state index contributed by atoms with van der Waals surface area (Å²) in [5.74, 6) is 0.0421. The second-order valence-electron chi connectivity index (χ2n) is 2.44. The number of hydrogen-bond donors (Lipinski definition) is 0. The van der Waals surface area contributed by atoms with Crippen LogP contribution in [0.2, 0.25) is 0 Å². The minimum atomic E-state index is -3.41. The molecule has 0 aliphatic heterocycles. The molecule has 1 rings (SSSR count). The fourth-order valence-corrected chi connectivity index (χ4v) is 1.42. The van der Waals surface area contributed by atoms with E-state index in [2.05, 4.69) is 9.72 Å². The van der Waals surface area contributed by atoms with Crippen molar-refractivity contribution in [2.45, 2.75) is 5.03 Å². The maximum atomic E-state index is 11.0. The van der Waals surface area contributed by atoms with Crippen LogP contribution in [-0.2, 0) is 9.84 Å². The van der Waals surface area contributed by atoms with E-state index in [1.54, 1.807) is 0 Å². The average molecular weight is 236 g/mol. The molecule has 0 fully saturated rings. The highest BCUT2D eigenvalue weighted by molar-refractivity contribution is 7.90. The summed E-state index contributed by atoms with van der Waals surface area (Å²) in [5.41, 5.74) is -1.03. The highest BCUT2D eigenvalue weighted by Crippen LogP contribution is 2.15. The van der Waals surface area contributed by atoms with Crippen LogP contribution in [0.5, 0.6) is 5.75 Å². The molecular formula is C7H6ClNO4S. The van der Waals surface area contributed by atoms with Crippen LogP contribution in [0, 0.1) is 0 Å². The summed E-state index contributed by atoms with van der Waals surface area (Å²) in [6, 6.07) is 2.45. The lowest BCUT2D eigenvalue weighted by Gasteiger charge is -2.00. The normalized spacial score (nSPS) is 11.0. The molecule has 0 amide bonds. The molecular weight excluding hydrogens is 230 g/mol. The minimum absolute atomic E-state index is 0.0421. The van der Waals surface area contributed by atoms with Gasteiger partial charge in [-0.1, -0.05) is 0 Å². The Hall–Kier alpha value is -1.14. The fourth-order valence-electron chi connectivity index (χ4n) is 0.750. The number of halogens is 1. The molecule has 0 saturated carbocycles. The molecule has 1 aromatic heterocycles. The van der Waals surface area contributed by atoms with Crippen LogP contribution in [0.25, 0.3) is 0 Å². The van der Waals surface area contributed by atoms with Crippen molar-refractivity contribution in [3.05, 3.63) is 18.3 Å². The van der Waals surface area contributed by atoms with Gasteiger partial charge in [0.25, 0.3) is 0 Å². The number of ether oxygens (including phenoxy) is 1. The van der Waals surface area contributed by atoms with Crippen molar-refractivity contribution in [3.63, 3.8) is 0 Å². The van der Waals surface area contributed by atoms with Gasteiger partial charge >= 0.3 is 5.43 Å². The largest absolute Gasteiger partial charge is 0.414 e. The van der Waals surface area contributed by atoms with E-state index in [-0.39, 0.29) is 10.8 Å². The van der Waals surface area contributed by atoms with Gasteiger partial charge in [0.15, 0.2) is 14.9 Å². The Balaban J connectivity index is 3.08. The molecule has 14 heavy (non-hydrogen) atoms. The summed E-state index contributed by atoms with van der Waals surface area (Å²) in [5, 5.41) is -0.173. The molecule has 1 heterocycles. The molecule has 0 atom stereocenters. The molecule has 0 aliphatic carbocycles. The van der Waals surface area contributed by atoms with Crippen LogP contribution in [0.1, 0.15) is 0 Å². The molecule has 0 N–H and O–H groups in total. The summed E-state index contributed by atoms with van der Waals surface area (Å²) >= 11 is 4.95. The predicted octanol–water partition coefficient (Wildman–Crippen LogP) is 1.22. The maximum absolute atomic E-state index is 11.0. The Labute approximate surface area is 85.6 Å². The zero-order valence-electron chi connectivity index (χ0n) is 7.10. The molecule has 5 nitrogen and oxygen atoms in total. The third-order valence-electron chi connectivity index (χ3n) is 1.28. The topological polar surface area (TPSA) is 73.3 Å². The van der Waals surface area contributed by atoms with Crippen LogP contribution < -0.4 is 4.74 Å². The molecule has 0 radical (unpaired) electrons. The van der Waals surface area contributed by atoms with Gasteiger partial charge in [-0.15, -0.1) is 0 Å². The fraction of sp³-hybridized carbons (Fsp3) is 0.143. The number of carbonyl (C=O) groups excluding carboxylic acids is 1. The highest BCUT2D eigenvalue weighted by Gasteiger charge is 2.10. The van der Waals surface area contributed by atoms with Crippen molar-refractivity contribution in [1.29, 1.82) is 0 Å². The third-order valence-corrected chi connectivity index (χ3v) is 2.34. The van der Waals surface area contributed by atoms with E-state index >= 15 is 0 Å². The lowest BCUT2D eigenvalue weighted by molar-refractivity contribution is 0.225. The van der Waals surface area contributed by atoms with Crippen molar-refractivity contribution >= 4 is 26.9 Å².